The van der Waals surface area contributed by atoms with Gasteiger partial charge in [0.05, 0.1) is 6.54 Å². The van der Waals surface area contributed by atoms with Crippen LogP contribution in [0.15, 0.2) is 0 Å². The molecule has 0 amide bonds. The average Bonchev–Trinajstić information content (AvgIpc) is 1.79. The molecule has 1 rings (SSSR count). The minimum Gasteiger partial charge on any atom is -0.298 e. The highest BCUT2D eigenvalue weighted by molar-refractivity contribution is 9.09. The third-order valence-electron chi connectivity index (χ3n) is 2.20. The zero-order chi connectivity index (χ0) is 10.1. The molecule has 0 aromatic carbocycles. The van der Waals surface area contributed by atoms with E-state index in [9.17, 15) is 13.2 Å². The second-order valence-electron chi connectivity index (χ2n) is 3.75. The summed E-state index contributed by atoms with van der Waals surface area (Å²) in [7, 11) is 1.52. The first-order valence-corrected chi connectivity index (χ1v) is 5.18. The summed E-state index contributed by atoms with van der Waals surface area (Å²) in [4.78, 5) is 1.88. The van der Waals surface area contributed by atoms with E-state index in [1.54, 1.807) is 0 Å². The Morgan fingerprint density at radius 2 is 1.92 bits per heavy atom. The van der Waals surface area contributed by atoms with E-state index in [0.717, 1.165) is 12.8 Å². The van der Waals surface area contributed by atoms with E-state index in [2.05, 4.69) is 15.9 Å². The third-order valence-corrected chi connectivity index (χ3v) is 2.94. The van der Waals surface area contributed by atoms with E-state index < -0.39 is 12.7 Å². The number of halogens is 4. The van der Waals surface area contributed by atoms with Crippen molar-refractivity contribution < 1.29 is 13.2 Å². The lowest BCUT2D eigenvalue weighted by Gasteiger charge is -2.34. The number of hydrogen-bond donors (Lipinski definition) is 0. The van der Waals surface area contributed by atoms with E-state index in [1.807, 2.05) is 0 Å². The SMILES string of the molecule is CN(CC1CC(Br)C1)CC(F)(F)F. The Morgan fingerprint density at radius 3 is 2.31 bits per heavy atom. The minimum atomic E-state index is -4.06. The molecular weight excluding hydrogens is 247 g/mol. The maximum Gasteiger partial charge on any atom is 0.401 e. The van der Waals surface area contributed by atoms with Gasteiger partial charge in [-0.25, -0.2) is 0 Å². The molecule has 1 saturated carbocycles. The quantitative estimate of drug-likeness (QED) is 0.705. The van der Waals surface area contributed by atoms with Crippen molar-refractivity contribution in [2.45, 2.75) is 23.8 Å². The zero-order valence-corrected chi connectivity index (χ0v) is 9.03. The van der Waals surface area contributed by atoms with Gasteiger partial charge in [0, 0.05) is 11.4 Å². The third kappa shape index (κ3) is 4.31. The zero-order valence-electron chi connectivity index (χ0n) is 7.44. The van der Waals surface area contributed by atoms with Crippen LogP contribution in [0.4, 0.5) is 13.2 Å². The van der Waals surface area contributed by atoms with Gasteiger partial charge in [-0.1, -0.05) is 15.9 Å². The summed E-state index contributed by atoms with van der Waals surface area (Å²) in [5.74, 6) is 0.441. The Kier molecular flexibility index (Phi) is 3.63. The van der Waals surface area contributed by atoms with Gasteiger partial charge in [0.1, 0.15) is 0 Å². The fourth-order valence-corrected chi connectivity index (χ4v) is 2.67. The second kappa shape index (κ2) is 4.17. The van der Waals surface area contributed by atoms with Gasteiger partial charge in [-0.05, 0) is 25.8 Å². The van der Waals surface area contributed by atoms with Gasteiger partial charge < -0.3 is 0 Å². The standard InChI is InChI=1S/C8H13BrF3N/c1-13(5-8(10,11)12)4-6-2-7(9)3-6/h6-7H,2-5H2,1H3. The van der Waals surface area contributed by atoms with Crippen LogP contribution >= 0.6 is 15.9 Å². The van der Waals surface area contributed by atoms with E-state index in [4.69, 9.17) is 0 Å². The Hall–Kier alpha value is 0.230. The molecule has 1 aliphatic carbocycles. The molecule has 78 valence electrons. The molecular formula is C8H13BrF3N. The van der Waals surface area contributed by atoms with Crippen molar-refractivity contribution in [1.29, 1.82) is 0 Å². The average molecular weight is 260 g/mol. The lowest BCUT2D eigenvalue weighted by Crippen LogP contribution is -2.39. The molecule has 5 heteroatoms. The highest BCUT2D eigenvalue weighted by Crippen LogP contribution is 2.33. The first-order chi connectivity index (χ1) is 5.87. The van der Waals surface area contributed by atoms with E-state index >= 15 is 0 Å². The fourth-order valence-electron chi connectivity index (χ4n) is 1.61. The van der Waals surface area contributed by atoms with Crippen LogP contribution < -0.4 is 0 Å². The van der Waals surface area contributed by atoms with E-state index in [1.165, 1.54) is 11.9 Å². The molecule has 0 aliphatic heterocycles. The van der Waals surface area contributed by atoms with Crippen molar-refractivity contribution in [3.8, 4) is 0 Å². The molecule has 0 N–H and O–H groups in total. The smallest absolute Gasteiger partial charge is 0.298 e. The van der Waals surface area contributed by atoms with E-state index in [-0.39, 0.29) is 0 Å². The summed E-state index contributed by atoms with van der Waals surface area (Å²) in [6.45, 7) is -0.238. The van der Waals surface area contributed by atoms with Crippen LogP contribution in [0.25, 0.3) is 0 Å². The topological polar surface area (TPSA) is 3.24 Å². The van der Waals surface area contributed by atoms with Crippen molar-refractivity contribution in [2.24, 2.45) is 5.92 Å². The van der Waals surface area contributed by atoms with Gasteiger partial charge in [-0.2, -0.15) is 13.2 Å². The number of nitrogens with zero attached hydrogens (tertiary/aromatic N) is 1. The molecule has 0 aromatic rings. The van der Waals surface area contributed by atoms with Crippen molar-refractivity contribution in [3.05, 3.63) is 0 Å². The van der Waals surface area contributed by atoms with Crippen molar-refractivity contribution in [2.75, 3.05) is 20.1 Å². The van der Waals surface area contributed by atoms with Crippen LogP contribution in [0.5, 0.6) is 0 Å². The number of alkyl halides is 4. The first-order valence-electron chi connectivity index (χ1n) is 4.26. The van der Waals surface area contributed by atoms with E-state index in [0.29, 0.717) is 17.3 Å². The molecule has 1 aliphatic rings. The monoisotopic (exact) mass is 259 g/mol. The lowest BCUT2D eigenvalue weighted by molar-refractivity contribution is -0.144. The predicted octanol–water partition coefficient (Wildman–Crippen LogP) is 2.65. The second-order valence-corrected chi connectivity index (χ2v) is 5.04. The fraction of sp³-hybridized carbons (Fsp3) is 1.00. The van der Waals surface area contributed by atoms with Crippen LogP contribution in [0.2, 0.25) is 0 Å². The Bertz CT molecular complexity index is 165. The lowest BCUT2D eigenvalue weighted by atomic mass is 9.85. The Balaban J connectivity index is 2.15. The summed E-state index contributed by atoms with van der Waals surface area (Å²) in [6.07, 6.45) is -2.06. The summed E-state index contributed by atoms with van der Waals surface area (Å²) in [5, 5.41) is 0. The first kappa shape index (κ1) is 11.3. The Labute approximate surface area is 84.4 Å². The molecule has 0 bridgehead atoms. The molecule has 13 heavy (non-hydrogen) atoms. The Morgan fingerprint density at radius 1 is 1.38 bits per heavy atom. The highest BCUT2D eigenvalue weighted by atomic mass is 79.9. The molecule has 1 nitrogen and oxygen atoms in total. The molecule has 0 atom stereocenters. The van der Waals surface area contributed by atoms with Gasteiger partial charge in [0.25, 0.3) is 0 Å². The number of rotatable bonds is 3. The predicted molar refractivity (Wildman–Crippen MR) is 49.0 cm³/mol. The maximum atomic E-state index is 11.9. The van der Waals surface area contributed by atoms with Crippen LogP contribution in [0.3, 0.4) is 0 Å². The maximum absolute atomic E-state index is 11.9. The van der Waals surface area contributed by atoms with Crippen molar-refractivity contribution in [1.82, 2.24) is 4.90 Å². The number of hydrogen-bond acceptors (Lipinski definition) is 1. The molecule has 1 fully saturated rings. The van der Waals surface area contributed by atoms with Crippen LogP contribution in [-0.2, 0) is 0 Å². The van der Waals surface area contributed by atoms with Gasteiger partial charge in [0.15, 0.2) is 0 Å². The van der Waals surface area contributed by atoms with Crippen LogP contribution in [-0.4, -0.2) is 36.0 Å². The molecule has 0 heterocycles. The van der Waals surface area contributed by atoms with Gasteiger partial charge in [-0.15, -0.1) is 0 Å². The van der Waals surface area contributed by atoms with Gasteiger partial charge in [-0.3, -0.25) is 4.90 Å². The molecule has 0 saturated heterocycles. The molecule has 0 unspecified atom stereocenters. The highest BCUT2D eigenvalue weighted by Gasteiger charge is 2.32. The summed E-state index contributed by atoms with van der Waals surface area (Å²) < 4.78 is 35.7. The van der Waals surface area contributed by atoms with Crippen LogP contribution in [0.1, 0.15) is 12.8 Å². The normalized spacial score (nSPS) is 29.1. The summed E-state index contributed by atoms with van der Waals surface area (Å²) >= 11 is 3.41. The molecule has 0 spiro atoms. The van der Waals surface area contributed by atoms with Crippen molar-refractivity contribution >= 4 is 15.9 Å². The van der Waals surface area contributed by atoms with Crippen LogP contribution in [0, 0.1) is 5.92 Å². The minimum absolute atomic E-state index is 0.441. The summed E-state index contributed by atoms with van der Waals surface area (Å²) in [6, 6.07) is 0. The largest absolute Gasteiger partial charge is 0.401 e. The summed E-state index contributed by atoms with van der Waals surface area (Å²) in [5.41, 5.74) is 0. The van der Waals surface area contributed by atoms with Crippen molar-refractivity contribution in [3.63, 3.8) is 0 Å². The van der Waals surface area contributed by atoms with Gasteiger partial charge in [0.2, 0.25) is 0 Å². The molecule has 0 aromatic heterocycles. The molecule has 0 radical (unpaired) electrons. The van der Waals surface area contributed by atoms with Gasteiger partial charge >= 0.3 is 6.18 Å².